The molecule has 3 nitrogen and oxygen atoms in total. The summed E-state index contributed by atoms with van der Waals surface area (Å²) in [6, 6.07) is 14.9. The fourth-order valence-corrected chi connectivity index (χ4v) is 2.99. The number of phenolic OH excluding ortho intramolecular Hbond substituents is 1. The quantitative estimate of drug-likeness (QED) is 0.833. The van der Waals surface area contributed by atoms with Gasteiger partial charge in [0.25, 0.3) is 0 Å². The van der Waals surface area contributed by atoms with E-state index in [-0.39, 0.29) is 5.75 Å². The first-order valence-electron chi connectivity index (χ1n) is 6.88. The Morgan fingerprint density at radius 2 is 1.75 bits per heavy atom. The highest BCUT2D eigenvalue weighted by atomic mass is 16.3. The molecule has 0 fully saturated rings. The smallest absolute Gasteiger partial charge is 0.127 e. The van der Waals surface area contributed by atoms with Gasteiger partial charge in [-0.25, -0.2) is 0 Å². The van der Waals surface area contributed by atoms with Gasteiger partial charge in [0, 0.05) is 13.1 Å². The average molecular weight is 269 g/mol. The molecule has 0 bridgehead atoms. The summed E-state index contributed by atoms with van der Waals surface area (Å²) in [5, 5.41) is 20.8. The molecule has 2 aromatic rings. The van der Waals surface area contributed by atoms with Crippen molar-refractivity contribution in [3.05, 3.63) is 65.2 Å². The second-order valence-corrected chi connectivity index (χ2v) is 5.55. The lowest BCUT2D eigenvalue weighted by Gasteiger charge is -2.32. The zero-order valence-electron chi connectivity index (χ0n) is 11.6. The topological polar surface area (TPSA) is 43.7 Å². The first-order chi connectivity index (χ1) is 9.59. The van der Waals surface area contributed by atoms with Crippen molar-refractivity contribution in [1.29, 1.82) is 0 Å². The molecule has 1 unspecified atom stereocenters. The normalized spacial score (nSPS) is 23.1. The Bertz CT molecular complexity index is 609. The maximum absolute atomic E-state index is 11.3. The number of β-amino-alcohol motifs (C(OH)–C–C–N with tert-alkyl or cyclic N) is 1. The number of benzene rings is 2. The summed E-state index contributed by atoms with van der Waals surface area (Å²) in [6.07, 6.45) is 0.938. The number of aromatic hydroxyl groups is 1. The van der Waals surface area contributed by atoms with Gasteiger partial charge in [-0.05, 0) is 42.3 Å². The number of phenols is 1. The highest BCUT2D eigenvalue weighted by Gasteiger charge is 2.36. The molecule has 3 rings (SSSR count). The molecule has 3 heteroatoms. The van der Waals surface area contributed by atoms with E-state index in [0.29, 0.717) is 6.54 Å². The monoisotopic (exact) mass is 269 g/mol. The van der Waals surface area contributed by atoms with Gasteiger partial charge < -0.3 is 15.1 Å². The maximum atomic E-state index is 11.3. The molecule has 0 aromatic heterocycles. The molecule has 1 aliphatic heterocycles. The van der Waals surface area contributed by atoms with Gasteiger partial charge in [-0.3, -0.25) is 0 Å². The van der Waals surface area contributed by atoms with Gasteiger partial charge in [0.05, 0.1) is 0 Å². The van der Waals surface area contributed by atoms with Crippen LogP contribution < -0.4 is 0 Å². The molecule has 1 heterocycles. The third-order valence-corrected chi connectivity index (χ3v) is 4.07. The largest absolute Gasteiger partial charge is 0.508 e. The first kappa shape index (κ1) is 13.2. The van der Waals surface area contributed by atoms with Crippen LogP contribution in [0.5, 0.6) is 5.75 Å². The van der Waals surface area contributed by atoms with E-state index in [2.05, 4.69) is 11.0 Å². The van der Waals surface area contributed by atoms with Gasteiger partial charge in [0.1, 0.15) is 11.4 Å². The standard InChI is InChI=1S/C17H19NO2/c1-18-11-10-13-4-2-3-5-16(13)17(20,12-18)14-6-8-15(19)9-7-14/h2-9,19-20H,10-12H2,1H3. The van der Waals surface area contributed by atoms with Crippen LogP contribution in [-0.2, 0) is 12.0 Å². The van der Waals surface area contributed by atoms with Crippen LogP contribution in [0.25, 0.3) is 0 Å². The van der Waals surface area contributed by atoms with Crippen molar-refractivity contribution >= 4 is 0 Å². The van der Waals surface area contributed by atoms with Gasteiger partial charge in [0.15, 0.2) is 0 Å². The molecule has 104 valence electrons. The van der Waals surface area contributed by atoms with Crippen molar-refractivity contribution in [1.82, 2.24) is 4.90 Å². The Kier molecular flexibility index (Phi) is 3.24. The van der Waals surface area contributed by atoms with Crippen LogP contribution in [0.1, 0.15) is 16.7 Å². The zero-order chi connectivity index (χ0) is 14.2. The van der Waals surface area contributed by atoms with Crippen LogP contribution in [0.3, 0.4) is 0 Å². The third-order valence-electron chi connectivity index (χ3n) is 4.07. The minimum atomic E-state index is -1.03. The number of hydrogen-bond donors (Lipinski definition) is 2. The van der Waals surface area contributed by atoms with E-state index in [0.717, 1.165) is 24.1 Å². The van der Waals surface area contributed by atoms with Crippen LogP contribution in [0.15, 0.2) is 48.5 Å². The molecule has 0 radical (unpaired) electrons. The van der Waals surface area contributed by atoms with E-state index < -0.39 is 5.60 Å². The summed E-state index contributed by atoms with van der Waals surface area (Å²) in [4.78, 5) is 2.15. The Hall–Kier alpha value is -1.84. The lowest BCUT2D eigenvalue weighted by molar-refractivity contribution is 0.0492. The second-order valence-electron chi connectivity index (χ2n) is 5.55. The van der Waals surface area contributed by atoms with Crippen LogP contribution in [-0.4, -0.2) is 35.3 Å². The predicted octanol–water partition coefficient (Wildman–Crippen LogP) is 2.12. The van der Waals surface area contributed by atoms with E-state index in [4.69, 9.17) is 0 Å². The van der Waals surface area contributed by atoms with Crippen molar-refractivity contribution < 1.29 is 10.2 Å². The molecule has 20 heavy (non-hydrogen) atoms. The summed E-state index contributed by atoms with van der Waals surface area (Å²) < 4.78 is 0. The van der Waals surface area contributed by atoms with Crippen LogP contribution in [0.2, 0.25) is 0 Å². The van der Waals surface area contributed by atoms with Crippen molar-refractivity contribution in [3.63, 3.8) is 0 Å². The molecule has 1 atom stereocenters. The second kappa shape index (κ2) is 4.93. The lowest BCUT2D eigenvalue weighted by atomic mass is 9.83. The van der Waals surface area contributed by atoms with Crippen LogP contribution in [0, 0.1) is 0 Å². The lowest BCUT2D eigenvalue weighted by Crippen LogP contribution is -2.39. The molecular formula is C17H19NO2. The van der Waals surface area contributed by atoms with Gasteiger partial charge >= 0.3 is 0 Å². The van der Waals surface area contributed by atoms with Crippen molar-refractivity contribution in [3.8, 4) is 5.75 Å². The zero-order valence-corrected chi connectivity index (χ0v) is 11.6. The molecule has 0 aliphatic carbocycles. The van der Waals surface area contributed by atoms with Crippen LogP contribution >= 0.6 is 0 Å². The van der Waals surface area contributed by atoms with E-state index in [1.165, 1.54) is 5.56 Å². The fourth-order valence-electron chi connectivity index (χ4n) is 2.99. The number of aliphatic hydroxyl groups is 1. The molecule has 0 spiro atoms. The highest BCUT2D eigenvalue weighted by Crippen LogP contribution is 2.35. The summed E-state index contributed by atoms with van der Waals surface area (Å²) in [5.74, 6) is 0.215. The Morgan fingerprint density at radius 3 is 2.50 bits per heavy atom. The van der Waals surface area contributed by atoms with Gasteiger partial charge in [-0.15, -0.1) is 0 Å². The summed E-state index contributed by atoms with van der Waals surface area (Å²) in [5.41, 5.74) is 1.94. The van der Waals surface area contributed by atoms with Gasteiger partial charge in [-0.1, -0.05) is 36.4 Å². The predicted molar refractivity (Wildman–Crippen MR) is 78.7 cm³/mol. The Balaban J connectivity index is 2.16. The highest BCUT2D eigenvalue weighted by molar-refractivity contribution is 5.43. The number of nitrogens with zero attached hydrogens (tertiary/aromatic N) is 1. The number of likely N-dealkylation sites (N-methyl/N-ethyl adjacent to an activating group) is 1. The maximum Gasteiger partial charge on any atom is 0.127 e. The van der Waals surface area contributed by atoms with Gasteiger partial charge in [0.2, 0.25) is 0 Å². The van der Waals surface area contributed by atoms with E-state index >= 15 is 0 Å². The molecule has 2 aromatic carbocycles. The molecule has 2 N–H and O–H groups in total. The fraction of sp³-hybridized carbons (Fsp3) is 0.294. The first-order valence-corrected chi connectivity index (χ1v) is 6.88. The van der Waals surface area contributed by atoms with Crippen molar-refractivity contribution in [2.24, 2.45) is 0 Å². The van der Waals surface area contributed by atoms with Crippen LogP contribution in [0.4, 0.5) is 0 Å². The van der Waals surface area contributed by atoms with E-state index in [9.17, 15) is 10.2 Å². The average Bonchev–Trinajstić information content (AvgIpc) is 2.58. The third kappa shape index (κ3) is 2.19. The Labute approximate surface area is 119 Å². The number of fused-ring (bicyclic) bond motifs is 1. The van der Waals surface area contributed by atoms with E-state index in [1.807, 2.05) is 25.2 Å². The minimum absolute atomic E-state index is 0.215. The number of hydrogen-bond acceptors (Lipinski definition) is 3. The molecule has 0 saturated carbocycles. The summed E-state index contributed by atoms with van der Waals surface area (Å²) >= 11 is 0. The Morgan fingerprint density at radius 1 is 1.05 bits per heavy atom. The number of rotatable bonds is 1. The van der Waals surface area contributed by atoms with Crippen molar-refractivity contribution in [2.45, 2.75) is 12.0 Å². The van der Waals surface area contributed by atoms with Gasteiger partial charge in [-0.2, -0.15) is 0 Å². The minimum Gasteiger partial charge on any atom is -0.508 e. The molecule has 0 saturated heterocycles. The molecular weight excluding hydrogens is 250 g/mol. The van der Waals surface area contributed by atoms with Crippen molar-refractivity contribution in [2.75, 3.05) is 20.1 Å². The molecule has 0 amide bonds. The van der Waals surface area contributed by atoms with E-state index in [1.54, 1.807) is 24.3 Å². The summed E-state index contributed by atoms with van der Waals surface area (Å²) in [7, 11) is 2.03. The summed E-state index contributed by atoms with van der Waals surface area (Å²) in [6.45, 7) is 1.48. The SMILES string of the molecule is CN1CCc2ccccc2C(O)(c2ccc(O)cc2)C1. The molecule has 1 aliphatic rings.